The van der Waals surface area contributed by atoms with Gasteiger partial charge in [0.05, 0.1) is 18.5 Å². The molecule has 0 fully saturated rings. The van der Waals surface area contributed by atoms with Gasteiger partial charge in [-0.2, -0.15) is 5.26 Å². The van der Waals surface area contributed by atoms with Gasteiger partial charge in [0.25, 0.3) is 5.91 Å². The summed E-state index contributed by atoms with van der Waals surface area (Å²) in [5.41, 5.74) is -0.384. The molecule has 1 aromatic carbocycles. The average Bonchev–Trinajstić information content (AvgIpc) is 2.60. The highest BCUT2D eigenvalue weighted by atomic mass is 35.5. The minimum absolute atomic E-state index is 0.126. The Morgan fingerprint density at radius 2 is 1.79 bits per heavy atom. The van der Waals surface area contributed by atoms with E-state index in [0.717, 1.165) is 0 Å². The second kappa shape index (κ2) is 10.1. The molecule has 7 nitrogen and oxygen atoms in total. The SMILES string of the molecule is CC(=O)NC(CC(=O)OC(C)C(=O)NC(C)(C#N)C(C)C)c1ccc(Cl)cc1. The summed E-state index contributed by atoms with van der Waals surface area (Å²) in [5.74, 6) is -1.65. The lowest BCUT2D eigenvalue weighted by Gasteiger charge is -2.28. The van der Waals surface area contributed by atoms with E-state index < -0.39 is 29.6 Å². The van der Waals surface area contributed by atoms with Crippen LogP contribution in [0.5, 0.6) is 0 Å². The number of esters is 1. The number of hydrogen-bond donors (Lipinski definition) is 2. The molecular formula is C20H26ClN3O4. The van der Waals surface area contributed by atoms with E-state index in [9.17, 15) is 19.6 Å². The van der Waals surface area contributed by atoms with Crippen molar-refractivity contribution < 1.29 is 19.1 Å². The van der Waals surface area contributed by atoms with Gasteiger partial charge >= 0.3 is 5.97 Å². The zero-order valence-electron chi connectivity index (χ0n) is 16.7. The van der Waals surface area contributed by atoms with E-state index in [-0.39, 0.29) is 18.2 Å². The molecule has 1 rings (SSSR count). The first-order valence-corrected chi connectivity index (χ1v) is 9.31. The minimum Gasteiger partial charge on any atom is -0.452 e. The second-order valence-electron chi connectivity index (χ2n) is 7.10. The number of amides is 2. The van der Waals surface area contributed by atoms with Crippen molar-refractivity contribution in [2.45, 2.75) is 58.7 Å². The Balaban J connectivity index is 2.78. The van der Waals surface area contributed by atoms with Crippen LogP contribution in [-0.2, 0) is 19.1 Å². The van der Waals surface area contributed by atoms with Crippen molar-refractivity contribution >= 4 is 29.4 Å². The van der Waals surface area contributed by atoms with E-state index in [2.05, 4.69) is 16.7 Å². The van der Waals surface area contributed by atoms with Crippen LogP contribution in [0.2, 0.25) is 5.02 Å². The standard InChI is InChI=1S/C20H26ClN3O4/c1-12(2)20(5,11-22)24-19(27)13(3)28-18(26)10-17(23-14(4)25)15-6-8-16(21)9-7-15/h6-9,12-13,17H,10H2,1-5H3,(H,23,25)(H,24,27). The van der Waals surface area contributed by atoms with E-state index in [1.54, 1.807) is 31.2 Å². The van der Waals surface area contributed by atoms with Crippen molar-refractivity contribution in [3.63, 3.8) is 0 Å². The molecular weight excluding hydrogens is 382 g/mol. The van der Waals surface area contributed by atoms with Crippen LogP contribution in [0.4, 0.5) is 0 Å². The van der Waals surface area contributed by atoms with Crippen LogP contribution in [0, 0.1) is 17.2 Å². The summed E-state index contributed by atoms with van der Waals surface area (Å²) < 4.78 is 5.20. The number of carbonyl (C=O) groups excluding carboxylic acids is 3. The highest BCUT2D eigenvalue weighted by molar-refractivity contribution is 6.30. The summed E-state index contributed by atoms with van der Waals surface area (Å²) in [6.07, 6.45) is -1.24. The quantitative estimate of drug-likeness (QED) is 0.644. The molecule has 8 heteroatoms. The van der Waals surface area contributed by atoms with Gasteiger partial charge < -0.3 is 15.4 Å². The Morgan fingerprint density at radius 3 is 2.25 bits per heavy atom. The monoisotopic (exact) mass is 407 g/mol. The van der Waals surface area contributed by atoms with Crippen LogP contribution in [0.3, 0.4) is 0 Å². The number of nitrogens with zero attached hydrogens (tertiary/aromatic N) is 1. The van der Waals surface area contributed by atoms with Crippen LogP contribution in [0.1, 0.15) is 52.6 Å². The molecule has 0 aliphatic carbocycles. The van der Waals surface area contributed by atoms with Gasteiger partial charge in [0.15, 0.2) is 6.10 Å². The first-order chi connectivity index (χ1) is 13.0. The molecule has 0 saturated heterocycles. The zero-order valence-corrected chi connectivity index (χ0v) is 17.5. The molecule has 3 atom stereocenters. The number of nitriles is 1. The third-order valence-electron chi connectivity index (χ3n) is 4.47. The molecule has 2 amide bonds. The molecule has 0 bridgehead atoms. The molecule has 0 radical (unpaired) electrons. The van der Waals surface area contributed by atoms with Crippen molar-refractivity contribution in [3.05, 3.63) is 34.9 Å². The van der Waals surface area contributed by atoms with Crippen molar-refractivity contribution in [2.75, 3.05) is 0 Å². The fourth-order valence-corrected chi connectivity index (χ4v) is 2.44. The van der Waals surface area contributed by atoms with Gasteiger partial charge in [-0.15, -0.1) is 0 Å². The number of rotatable bonds is 8. The van der Waals surface area contributed by atoms with Gasteiger partial charge in [0.1, 0.15) is 5.54 Å². The van der Waals surface area contributed by atoms with Crippen molar-refractivity contribution in [2.24, 2.45) is 5.92 Å². The number of hydrogen-bond acceptors (Lipinski definition) is 5. The van der Waals surface area contributed by atoms with Gasteiger partial charge in [0.2, 0.25) is 5.91 Å². The normalized spacial score (nSPS) is 14.9. The van der Waals surface area contributed by atoms with Crippen molar-refractivity contribution in [3.8, 4) is 6.07 Å². The number of benzene rings is 1. The predicted octanol–water partition coefficient (Wildman–Crippen LogP) is 2.89. The Bertz CT molecular complexity index is 758. The van der Waals surface area contributed by atoms with Crippen LogP contribution in [0.15, 0.2) is 24.3 Å². The number of halogens is 1. The predicted molar refractivity (Wildman–Crippen MR) is 105 cm³/mol. The van der Waals surface area contributed by atoms with Crippen LogP contribution in [0.25, 0.3) is 0 Å². The molecule has 0 aliphatic heterocycles. The maximum atomic E-state index is 12.3. The largest absolute Gasteiger partial charge is 0.452 e. The number of carbonyl (C=O) groups is 3. The van der Waals surface area contributed by atoms with Crippen molar-refractivity contribution in [1.82, 2.24) is 10.6 Å². The molecule has 3 unspecified atom stereocenters. The van der Waals surface area contributed by atoms with E-state index >= 15 is 0 Å². The first-order valence-electron chi connectivity index (χ1n) is 8.93. The van der Waals surface area contributed by atoms with E-state index in [1.807, 2.05) is 13.8 Å². The summed E-state index contributed by atoms with van der Waals surface area (Å²) >= 11 is 5.87. The molecule has 0 aromatic heterocycles. The van der Waals surface area contributed by atoms with Gasteiger partial charge in [-0.05, 0) is 37.5 Å². The van der Waals surface area contributed by atoms with Crippen molar-refractivity contribution in [1.29, 1.82) is 5.26 Å². The highest BCUT2D eigenvalue weighted by Gasteiger charge is 2.32. The molecule has 2 N–H and O–H groups in total. The zero-order chi connectivity index (χ0) is 21.5. The van der Waals surface area contributed by atoms with Crippen LogP contribution in [-0.4, -0.2) is 29.4 Å². The Kier molecular flexibility index (Phi) is 8.45. The Labute approximate surface area is 170 Å². The molecule has 1 aromatic rings. The lowest BCUT2D eigenvalue weighted by molar-refractivity contribution is -0.156. The van der Waals surface area contributed by atoms with Gasteiger partial charge in [-0.3, -0.25) is 14.4 Å². The van der Waals surface area contributed by atoms with Crippen LogP contribution < -0.4 is 10.6 Å². The molecule has 0 saturated carbocycles. The third-order valence-corrected chi connectivity index (χ3v) is 4.72. The fraction of sp³-hybridized carbons (Fsp3) is 0.500. The summed E-state index contributed by atoms with van der Waals surface area (Å²) in [5, 5.41) is 15.1. The van der Waals surface area contributed by atoms with E-state index in [1.165, 1.54) is 13.8 Å². The summed E-state index contributed by atoms with van der Waals surface area (Å²) in [6.45, 7) is 8.01. The first kappa shape index (κ1) is 23.4. The Hall–Kier alpha value is -2.59. The van der Waals surface area contributed by atoms with Crippen LogP contribution >= 0.6 is 11.6 Å². The maximum Gasteiger partial charge on any atom is 0.309 e. The molecule has 152 valence electrons. The average molecular weight is 408 g/mol. The van der Waals surface area contributed by atoms with Gasteiger partial charge in [0, 0.05) is 11.9 Å². The summed E-state index contributed by atoms with van der Waals surface area (Å²) in [4.78, 5) is 36.1. The number of ether oxygens (including phenoxy) is 1. The summed E-state index contributed by atoms with van der Waals surface area (Å²) in [7, 11) is 0. The van der Waals surface area contributed by atoms with Gasteiger partial charge in [-0.25, -0.2) is 0 Å². The maximum absolute atomic E-state index is 12.3. The fourth-order valence-electron chi connectivity index (χ4n) is 2.32. The van der Waals surface area contributed by atoms with Gasteiger partial charge in [-0.1, -0.05) is 37.6 Å². The van der Waals surface area contributed by atoms with E-state index in [4.69, 9.17) is 16.3 Å². The highest BCUT2D eigenvalue weighted by Crippen LogP contribution is 2.21. The smallest absolute Gasteiger partial charge is 0.309 e. The summed E-state index contributed by atoms with van der Waals surface area (Å²) in [6, 6.07) is 8.17. The molecule has 0 spiro atoms. The molecule has 0 aliphatic rings. The molecule has 28 heavy (non-hydrogen) atoms. The Morgan fingerprint density at radius 1 is 1.21 bits per heavy atom. The number of nitrogens with one attached hydrogen (secondary N) is 2. The lowest BCUT2D eigenvalue weighted by atomic mass is 9.90. The third kappa shape index (κ3) is 6.86. The second-order valence-corrected chi connectivity index (χ2v) is 7.54. The topological polar surface area (TPSA) is 108 Å². The van der Waals surface area contributed by atoms with E-state index in [0.29, 0.717) is 10.6 Å². The lowest BCUT2D eigenvalue weighted by Crippen LogP contribution is -2.52. The minimum atomic E-state index is -1.08. The molecule has 0 heterocycles.